The summed E-state index contributed by atoms with van der Waals surface area (Å²) in [6, 6.07) is 180. The third kappa shape index (κ3) is 12.9. The van der Waals surface area contributed by atoms with Crippen LogP contribution in [0.5, 0.6) is 0 Å². The molecule has 5 aliphatic rings. The third-order valence-corrected chi connectivity index (χ3v) is 30.8. The van der Waals surface area contributed by atoms with Crippen LogP contribution in [-0.4, -0.2) is 11.3 Å². The first-order valence-electron chi connectivity index (χ1n) is 49.5. The molecule has 6 heteroatoms. The van der Waals surface area contributed by atoms with Crippen molar-refractivity contribution in [2.75, 3.05) is 19.6 Å². The lowest BCUT2D eigenvalue weighted by atomic mass is 9.33. The van der Waals surface area contributed by atoms with Gasteiger partial charge in [0, 0.05) is 72.8 Å². The zero-order chi connectivity index (χ0) is 94.2. The molecule has 5 aliphatic heterocycles. The fourth-order valence-electron chi connectivity index (χ4n) is 24.2. The monoisotopic (exact) mass is 1790 g/mol. The van der Waals surface area contributed by atoms with Crippen LogP contribution in [0.4, 0.5) is 68.2 Å². The molecule has 20 aromatic carbocycles. The van der Waals surface area contributed by atoms with Gasteiger partial charge in [-0.3, -0.25) is 0 Å². The molecule has 26 rings (SSSR count). The van der Waals surface area contributed by atoms with E-state index in [2.05, 4.69) is 554 Å². The van der Waals surface area contributed by atoms with Crippen molar-refractivity contribution >= 4 is 113 Å². The number of hydrogen-bond acceptors (Lipinski definition) is 4. The highest BCUT2D eigenvalue weighted by Crippen LogP contribution is 2.63. The number of hydrogen-bond donors (Lipinski definition) is 0. The summed E-state index contributed by atoms with van der Waals surface area (Å²) in [5.74, 6) is 0. The maximum Gasteiger partial charge on any atom is 0.252 e. The first-order chi connectivity index (χ1) is 68.4. The standard InChI is InChI=1S/C134H104BN5/c1-130(2,3)99-79-105(87-41-17-10-18-42-87)128-107(81-99)93-47-39-45-89(75-93)91-67-73-117-109(77-91)110-78-92(68-74-118(110)136(117)102-57-29-16-30-58-102)90-46-40-48-94(76-90)108-82-100(131(4,5)6)80-106(88-43-19-11-20-44-88)129(108)140-124-86-104(138-121-65-37-33-61-113(121)134(97-53-25-14-26-54-97,98-55-27-15-28-56-98)114-62-34-38-66-122(114)138)70-72-116(124)135-115-71-69-103(85-123(115)139(128)125-83-101(132(7,8)9)84-126(140)127(125)135)137-119-63-35-31-59-111(119)133(95-49-21-12-22-50-95,96-51-23-13-24-52-96)112-60-32-36-64-120(112)137/h10-86H,1-9H3. The molecule has 21 aromatic rings. The lowest BCUT2D eigenvalue weighted by molar-refractivity contribution is 0.590. The van der Waals surface area contributed by atoms with Gasteiger partial charge in [0.1, 0.15) is 0 Å². The number of benzene rings is 20. The van der Waals surface area contributed by atoms with E-state index in [1.165, 1.54) is 88.4 Å². The van der Waals surface area contributed by atoms with E-state index in [1.54, 1.807) is 0 Å². The van der Waals surface area contributed by atoms with Gasteiger partial charge in [0.25, 0.3) is 6.71 Å². The van der Waals surface area contributed by atoms with Gasteiger partial charge in [0.2, 0.25) is 0 Å². The summed E-state index contributed by atoms with van der Waals surface area (Å²) in [5.41, 5.74) is 44.4. The predicted octanol–water partition coefficient (Wildman–Crippen LogP) is 33.4. The van der Waals surface area contributed by atoms with Gasteiger partial charge in [-0.1, -0.05) is 396 Å². The second-order valence-electron chi connectivity index (χ2n) is 41.8. The second kappa shape index (κ2) is 32.0. The van der Waals surface area contributed by atoms with E-state index in [1.807, 2.05) is 0 Å². The lowest BCUT2D eigenvalue weighted by Crippen LogP contribution is -2.61. The maximum atomic E-state index is 2.79. The summed E-state index contributed by atoms with van der Waals surface area (Å²) in [7, 11) is 0. The van der Waals surface area contributed by atoms with Crippen LogP contribution in [0.1, 0.15) is 124 Å². The summed E-state index contributed by atoms with van der Waals surface area (Å²) in [5, 5.41) is 2.36. The fraction of sp³-hybridized carbons (Fsp3) is 0.104. The minimum absolute atomic E-state index is 0.313. The van der Waals surface area contributed by atoms with Crippen molar-refractivity contribution < 1.29 is 0 Å². The molecule has 6 heterocycles. The van der Waals surface area contributed by atoms with E-state index in [4.69, 9.17) is 0 Å². The molecule has 0 radical (unpaired) electrons. The van der Waals surface area contributed by atoms with E-state index in [-0.39, 0.29) is 17.5 Å². The van der Waals surface area contributed by atoms with Crippen LogP contribution in [0.15, 0.2) is 467 Å². The van der Waals surface area contributed by atoms with E-state index >= 15 is 0 Å². The van der Waals surface area contributed by atoms with Crippen LogP contribution >= 0.6 is 0 Å². The van der Waals surface area contributed by atoms with Gasteiger partial charge < -0.3 is 24.2 Å². The van der Waals surface area contributed by atoms with Gasteiger partial charge in [0.05, 0.1) is 56.0 Å². The zero-order valence-corrected chi connectivity index (χ0v) is 80.3. The largest absolute Gasteiger partial charge is 0.310 e. The highest BCUT2D eigenvalue weighted by Gasteiger charge is 2.52. The molecule has 140 heavy (non-hydrogen) atoms. The smallest absolute Gasteiger partial charge is 0.252 e. The highest BCUT2D eigenvalue weighted by atomic mass is 15.2. The molecule has 0 N–H and O–H groups in total. The normalized spacial score (nSPS) is 13.9. The van der Waals surface area contributed by atoms with Gasteiger partial charge in [-0.2, -0.15) is 0 Å². The molecule has 13 bridgehead atoms. The Morgan fingerprint density at radius 3 is 0.829 bits per heavy atom. The Hall–Kier alpha value is -16.5. The highest BCUT2D eigenvalue weighted by molar-refractivity contribution is 7.00. The van der Waals surface area contributed by atoms with E-state index in [0.29, 0.717) is 0 Å². The minimum atomic E-state index is -0.710. The molecular weight excluding hydrogens is 1690 g/mol. The molecule has 0 amide bonds. The van der Waals surface area contributed by atoms with Crippen LogP contribution in [0.25, 0.3) is 94.3 Å². The van der Waals surface area contributed by atoms with E-state index in [0.717, 1.165) is 152 Å². The number of aromatic nitrogens is 1. The number of para-hydroxylation sites is 5. The maximum absolute atomic E-state index is 2.79. The van der Waals surface area contributed by atoms with Crippen molar-refractivity contribution in [2.24, 2.45) is 0 Å². The average molecular weight is 1800 g/mol. The SMILES string of the molecule is CC(C)(C)c1cc(-c2ccccc2)c2c(c1)-c1cccc(c1)-c1ccc3c(c1)c1cc(ccc1n3-c1ccccc1)-c1cccc(c1)-c1cc(C(C)(C)C)cc(-c3ccccc3)c1N1c3cc(N4c5ccccc5C(c5ccccc5)(c5ccccc5)c5ccccc54)ccc3B3c4ccc(N5c6ccccc6C(c6ccccc6)(c6ccccc6)c6ccccc65)cc4N2c2cc(C(C)(C)C)cc1c23. The van der Waals surface area contributed by atoms with Crippen LogP contribution in [-0.2, 0) is 27.1 Å². The van der Waals surface area contributed by atoms with Gasteiger partial charge in [-0.05, 0) is 272 Å². The number of nitrogens with zero attached hydrogens (tertiary/aromatic N) is 5. The van der Waals surface area contributed by atoms with Crippen molar-refractivity contribution in [3.05, 3.63) is 528 Å². The number of fused-ring (bicyclic) bond motifs is 24. The molecule has 0 aliphatic carbocycles. The molecule has 0 saturated carbocycles. The Balaban J connectivity index is 0.839. The van der Waals surface area contributed by atoms with Crippen molar-refractivity contribution in [3.63, 3.8) is 0 Å². The van der Waals surface area contributed by atoms with Crippen molar-refractivity contribution in [3.8, 4) is 72.4 Å². The first-order valence-corrected chi connectivity index (χ1v) is 49.5. The molecule has 0 fully saturated rings. The first kappa shape index (κ1) is 84.0. The van der Waals surface area contributed by atoms with Gasteiger partial charge in [-0.15, -0.1) is 0 Å². The quantitative estimate of drug-likeness (QED) is 0.134. The summed E-state index contributed by atoms with van der Waals surface area (Å²) in [4.78, 5) is 10.8. The molecule has 0 spiro atoms. The number of anilines is 12. The molecule has 0 atom stereocenters. The molecule has 1 aromatic heterocycles. The third-order valence-electron chi connectivity index (χ3n) is 30.8. The summed E-state index contributed by atoms with van der Waals surface area (Å²) < 4.78 is 2.47. The second-order valence-corrected chi connectivity index (χ2v) is 41.8. The topological polar surface area (TPSA) is 17.9 Å². The van der Waals surface area contributed by atoms with Crippen LogP contribution < -0.4 is 36.0 Å². The summed E-state index contributed by atoms with van der Waals surface area (Å²) >= 11 is 0. The zero-order valence-electron chi connectivity index (χ0n) is 80.3. The Morgan fingerprint density at radius 1 is 0.200 bits per heavy atom. The molecule has 5 nitrogen and oxygen atoms in total. The summed E-state index contributed by atoms with van der Waals surface area (Å²) in [6.07, 6.45) is 0. The molecular formula is C134H104BN5. The van der Waals surface area contributed by atoms with Gasteiger partial charge in [-0.25, -0.2) is 0 Å². The van der Waals surface area contributed by atoms with E-state index < -0.39 is 16.2 Å². The van der Waals surface area contributed by atoms with Gasteiger partial charge >= 0.3 is 0 Å². The fourth-order valence-corrected chi connectivity index (χ4v) is 24.2. The van der Waals surface area contributed by atoms with Crippen LogP contribution in [0.2, 0.25) is 0 Å². The predicted molar refractivity (Wildman–Crippen MR) is 590 cm³/mol. The Bertz CT molecular complexity index is 7910. The van der Waals surface area contributed by atoms with Crippen molar-refractivity contribution in [1.29, 1.82) is 0 Å². The van der Waals surface area contributed by atoms with Crippen LogP contribution in [0.3, 0.4) is 0 Å². The Morgan fingerprint density at radius 2 is 0.486 bits per heavy atom. The average Bonchev–Trinajstić information content (AvgIpc) is 0.707. The van der Waals surface area contributed by atoms with Gasteiger partial charge in [0.15, 0.2) is 0 Å². The molecule has 0 saturated heterocycles. The Labute approximate surface area is 821 Å². The Kier molecular flexibility index (Phi) is 19.2. The number of rotatable bonds is 9. The molecule has 0 unspecified atom stereocenters. The van der Waals surface area contributed by atoms with Crippen molar-refractivity contribution in [2.45, 2.75) is 89.4 Å². The van der Waals surface area contributed by atoms with Crippen LogP contribution in [0, 0.1) is 0 Å². The summed E-state index contributed by atoms with van der Waals surface area (Å²) in [6.45, 7) is 21.2. The van der Waals surface area contributed by atoms with E-state index in [9.17, 15) is 0 Å². The lowest BCUT2D eigenvalue weighted by Gasteiger charge is -2.48. The van der Waals surface area contributed by atoms with Crippen molar-refractivity contribution in [1.82, 2.24) is 4.57 Å². The minimum Gasteiger partial charge on any atom is -0.310 e. The molecule has 668 valence electrons.